The van der Waals surface area contributed by atoms with Gasteiger partial charge in [0.25, 0.3) is 5.91 Å². The number of ether oxygens (including phenoxy) is 1. The minimum Gasteiger partial charge on any atom is -0.484 e. The zero-order chi connectivity index (χ0) is 21.7. The van der Waals surface area contributed by atoms with E-state index in [1.54, 1.807) is 17.0 Å². The predicted octanol–water partition coefficient (Wildman–Crippen LogP) is 4.34. The van der Waals surface area contributed by atoms with Crippen molar-refractivity contribution < 1.29 is 14.3 Å². The number of nitrogens with one attached hydrogen (secondary N) is 1. The molecule has 1 fully saturated rings. The van der Waals surface area contributed by atoms with Crippen molar-refractivity contribution in [3.8, 4) is 5.75 Å². The lowest BCUT2D eigenvalue weighted by atomic mass is 10.0. The molecule has 1 N–H and O–H groups in total. The highest BCUT2D eigenvalue weighted by molar-refractivity contribution is 6.32. The number of aryl methyl sites for hydroxylation is 2. The first-order valence-corrected chi connectivity index (χ1v) is 10.8. The van der Waals surface area contributed by atoms with E-state index in [2.05, 4.69) is 5.32 Å². The zero-order valence-electron chi connectivity index (χ0n) is 17.2. The van der Waals surface area contributed by atoms with Gasteiger partial charge in [-0.1, -0.05) is 35.3 Å². The Morgan fingerprint density at radius 1 is 1.07 bits per heavy atom. The third kappa shape index (κ3) is 6.13. The Hall–Kier alpha value is -2.24. The summed E-state index contributed by atoms with van der Waals surface area (Å²) in [5.41, 5.74) is 2.78. The van der Waals surface area contributed by atoms with Crippen molar-refractivity contribution in [1.29, 1.82) is 0 Å². The van der Waals surface area contributed by atoms with Crippen LogP contribution in [0, 0.1) is 13.8 Å². The van der Waals surface area contributed by atoms with Gasteiger partial charge < -0.3 is 15.0 Å². The maximum atomic E-state index is 12.5. The molecule has 0 radical (unpaired) electrons. The number of amides is 2. The smallest absolute Gasteiger partial charge is 0.260 e. The summed E-state index contributed by atoms with van der Waals surface area (Å²) in [7, 11) is 0. The molecule has 0 spiro atoms. The molecule has 1 heterocycles. The van der Waals surface area contributed by atoms with Crippen molar-refractivity contribution in [3.05, 3.63) is 63.1 Å². The fourth-order valence-corrected chi connectivity index (χ4v) is 3.80. The fraction of sp³-hybridized carbons (Fsp3) is 0.391. The average Bonchev–Trinajstić information content (AvgIpc) is 2.72. The van der Waals surface area contributed by atoms with Gasteiger partial charge >= 0.3 is 0 Å². The van der Waals surface area contributed by atoms with Crippen molar-refractivity contribution >= 4 is 35.0 Å². The summed E-state index contributed by atoms with van der Waals surface area (Å²) in [4.78, 5) is 26.5. The molecule has 1 aliphatic rings. The van der Waals surface area contributed by atoms with Crippen LogP contribution in [0.1, 0.15) is 29.5 Å². The van der Waals surface area contributed by atoms with Gasteiger partial charge in [-0.2, -0.15) is 0 Å². The quantitative estimate of drug-likeness (QED) is 0.714. The van der Waals surface area contributed by atoms with Gasteiger partial charge in [0.1, 0.15) is 5.75 Å². The average molecular weight is 449 g/mol. The van der Waals surface area contributed by atoms with E-state index in [9.17, 15) is 9.59 Å². The molecule has 0 aromatic heterocycles. The lowest BCUT2D eigenvalue weighted by molar-refractivity contribution is -0.134. The van der Waals surface area contributed by atoms with Gasteiger partial charge in [0, 0.05) is 29.2 Å². The summed E-state index contributed by atoms with van der Waals surface area (Å²) in [5.74, 6) is 0.581. The van der Waals surface area contributed by atoms with Gasteiger partial charge in [0.05, 0.1) is 6.42 Å². The minimum atomic E-state index is -0.0498. The SMILES string of the molecule is Cc1cc(OCC(=O)N2CCC(NC(=O)Cc3ccc(Cl)cc3)CC2)cc(C)c1Cl. The van der Waals surface area contributed by atoms with Crippen LogP contribution in [0.3, 0.4) is 0 Å². The normalized spacial score (nSPS) is 14.5. The molecule has 1 saturated heterocycles. The number of likely N-dealkylation sites (tertiary alicyclic amines) is 1. The van der Waals surface area contributed by atoms with Crippen LogP contribution in [0.5, 0.6) is 5.75 Å². The van der Waals surface area contributed by atoms with Crippen LogP contribution in [0.25, 0.3) is 0 Å². The maximum absolute atomic E-state index is 12.5. The number of carbonyl (C=O) groups is 2. The third-order valence-electron chi connectivity index (χ3n) is 5.26. The topological polar surface area (TPSA) is 58.6 Å². The number of rotatable bonds is 6. The second kappa shape index (κ2) is 10.2. The Kier molecular flexibility index (Phi) is 7.62. The van der Waals surface area contributed by atoms with Gasteiger partial charge in [0.15, 0.2) is 6.61 Å². The van der Waals surface area contributed by atoms with E-state index in [4.69, 9.17) is 27.9 Å². The van der Waals surface area contributed by atoms with Gasteiger partial charge in [0.2, 0.25) is 5.91 Å². The monoisotopic (exact) mass is 448 g/mol. The molecule has 30 heavy (non-hydrogen) atoms. The molecule has 3 rings (SSSR count). The number of piperidine rings is 1. The lowest BCUT2D eigenvalue weighted by Crippen LogP contribution is -2.48. The van der Waals surface area contributed by atoms with Crippen molar-refractivity contribution in [2.45, 2.75) is 39.2 Å². The van der Waals surface area contributed by atoms with E-state index in [1.807, 2.05) is 38.1 Å². The van der Waals surface area contributed by atoms with Crippen LogP contribution >= 0.6 is 23.2 Å². The fourth-order valence-electron chi connectivity index (χ4n) is 3.57. The molecule has 0 bridgehead atoms. The Balaban J connectivity index is 1.41. The first-order valence-electron chi connectivity index (χ1n) is 10.0. The number of halogens is 2. The summed E-state index contributed by atoms with van der Waals surface area (Å²) >= 11 is 12.0. The first kappa shape index (κ1) is 22.4. The van der Waals surface area contributed by atoms with E-state index < -0.39 is 0 Å². The number of hydrogen-bond acceptors (Lipinski definition) is 3. The van der Waals surface area contributed by atoms with Crippen LogP contribution in [0.4, 0.5) is 0 Å². The lowest BCUT2D eigenvalue weighted by Gasteiger charge is -2.32. The number of nitrogens with zero attached hydrogens (tertiary/aromatic N) is 1. The molecule has 0 atom stereocenters. The van der Waals surface area contributed by atoms with E-state index in [-0.39, 0.29) is 24.5 Å². The van der Waals surface area contributed by atoms with Gasteiger partial charge in [-0.25, -0.2) is 0 Å². The second-order valence-electron chi connectivity index (χ2n) is 7.69. The van der Waals surface area contributed by atoms with Gasteiger partial charge in [-0.05, 0) is 67.6 Å². The van der Waals surface area contributed by atoms with Crippen molar-refractivity contribution in [2.75, 3.05) is 19.7 Å². The van der Waals surface area contributed by atoms with Crippen LogP contribution in [-0.2, 0) is 16.0 Å². The Bertz CT molecular complexity index is 884. The minimum absolute atomic E-state index is 0.00585. The summed E-state index contributed by atoms with van der Waals surface area (Å²) in [6, 6.07) is 11.0. The molecule has 7 heteroatoms. The van der Waals surface area contributed by atoms with Crippen LogP contribution in [0.2, 0.25) is 10.0 Å². The maximum Gasteiger partial charge on any atom is 0.260 e. The molecule has 2 amide bonds. The number of benzene rings is 2. The molecule has 5 nitrogen and oxygen atoms in total. The highest BCUT2D eigenvalue weighted by Crippen LogP contribution is 2.26. The van der Waals surface area contributed by atoms with E-state index in [1.165, 1.54) is 0 Å². The summed E-state index contributed by atoms with van der Waals surface area (Å²) < 4.78 is 5.67. The highest BCUT2D eigenvalue weighted by atomic mass is 35.5. The highest BCUT2D eigenvalue weighted by Gasteiger charge is 2.24. The molecule has 0 unspecified atom stereocenters. The molecule has 0 saturated carbocycles. The Morgan fingerprint density at radius 2 is 1.67 bits per heavy atom. The van der Waals surface area contributed by atoms with E-state index >= 15 is 0 Å². The third-order valence-corrected chi connectivity index (χ3v) is 6.11. The van der Waals surface area contributed by atoms with Gasteiger partial charge in [-0.15, -0.1) is 0 Å². The predicted molar refractivity (Wildman–Crippen MR) is 119 cm³/mol. The largest absolute Gasteiger partial charge is 0.484 e. The standard InChI is InChI=1S/C23H26Cl2N2O3/c1-15-11-20(12-16(2)23(15)25)30-14-22(29)27-9-7-19(8-10-27)26-21(28)13-17-3-5-18(24)6-4-17/h3-6,11-12,19H,7-10,13-14H2,1-2H3,(H,26,28). The molecule has 0 aliphatic carbocycles. The molecule has 2 aromatic carbocycles. The van der Waals surface area contributed by atoms with Crippen molar-refractivity contribution in [1.82, 2.24) is 10.2 Å². The molecule has 1 aliphatic heterocycles. The second-order valence-corrected chi connectivity index (χ2v) is 8.50. The van der Waals surface area contributed by atoms with E-state index in [0.717, 1.165) is 29.5 Å². The van der Waals surface area contributed by atoms with Crippen LogP contribution in [0.15, 0.2) is 36.4 Å². The van der Waals surface area contributed by atoms with Crippen molar-refractivity contribution in [3.63, 3.8) is 0 Å². The Labute approximate surface area is 187 Å². The molecular formula is C23H26Cl2N2O3. The molecule has 2 aromatic rings. The van der Waals surface area contributed by atoms with Crippen LogP contribution < -0.4 is 10.1 Å². The number of carbonyl (C=O) groups excluding carboxylic acids is 2. The summed E-state index contributed by atoms with van der Waals surface area (Å²) in [5, 5.41) is 4.43. The van der Waals surface area contributed by atoms with Crippen LogP contribution in [-0.4, -0.2) is 42.5 Å². The first-order chi connectivity index (χ1) is 14.3. The summed E-state index contributed by atoms with van der Waals surface area (Å²) in [6.07, 6.45) is 1.79. The summed E-state index contributed by atoms with van der Waals surface area (Å²) in [6.45, 7) is 5.03. The van der Waals surface area contributed by atoms with Crippen molar-refractivity contribution in [2.24, 2.45) is 0 Å². The van der Waals surface area contributed by atoms with Gasteiger partial charge in [-0.3, -0.25) is 9.59 Å². The zero-order valence-corrected chi connectivity index (χ0v) is 18.7. The Morgan fingerprint density at radius 3 is 2.27 bits per heavy atom. The van der Waals surface area contributed by atoms with E-state index in [0.29, 0.717) is 35.3 Å². The number of hydrogen-bond donors (Lipinski definition) is 1. The molecular weight excluding hydrogens is 423 g/mol. The molecule has 160 valence electrons.